The van der Waals surface area contributed by atoms with Crippen molar-refractivity contribution in [2.75, 3.05) is 19.7 Å². The second-order valence-electron chi connectivity index (χ2n) is 7.10. The number of H-pyrrole nitrogens is 1. The number of amides is 1. The van der Waals surface area contributed by atoms with Crippen molar-refractivity contribution in [3.8, 4) is 17.1 Å². The second kappa shape index (κ2) is 8.69. The zero-order valence-electron chi connectivity index (χ0n) is 15.8. The lowest BCUT2D eigenvalue weighted by Gasteiger charge is -2.31. The summed E-state index contributed by atoms with van der Waals surface area (Å²) in [6, 6.07) is 19.4. The maximum absolute atomic E-state index is 12.4. The van der Waals surface area contributed by atoms with Crippen molar-refractivity contribution in [3.05, 3.63) is 66.5 Å². The van der Waals surface area contributed by atoms with Crippen molar-refractivity contribution in [2.24, 2.45) is 5.92 Å². The summed E-state index contributed by atoms with van der Waals surface area (Å²) in [7, 11) is 0. The van der Waals surface area contributed by atoms with Gasteiger partial charge >= 0.3 is 0 Å². The summed E-state index contributed by atoms with van der Waals surface area (Å²) in [6.45, 7) is 1.62. The van der Waals surface area contributed by atoms with Crippen molar-refractivity contribution in [3.63, 3.8) is 0 Å². The number of ether oxygens (including phenoxy) is 1. The fraction of sp³-hybridized carbons (Fsp3) is 0.318. The van der Waals surface area contributed by atoms with Gasteiger partial charge in [0.05, 0.1) is 0 Å². The number of benzene rings is 2. The number of nitrogens with one attached hydrogen (secondary N) is 1. The Balaban J connectivity index is 1.24. The van der Waals surface area contributed by atoms with Gasteiger partial charge in [0.15, 0.2) is 12.4 Å². The molecule has 1 aliphatic rings. The third kappa shape index (κ3) is 4.57. The van der Waals surface area contributed by atoms with Crippen molar-refractivity contribution in [1.82, 2.24) is 20.1 Å². The third-order valence-electron chi connectivity index (χ3n) is 5.12. The molecule has 1 fully saturated rings. The molecule has 1 N–H and O–H groups in total. The summed E-state index contributed by atoms with van der Waals surface area (Å²) in [6.07, 6.45) is 2.80. The minimum atomic E-state index is 0.0494. The fourth-order valence-electron chi connectivity index (χ4n) is 3.52. The maximum Gasteiger partial charge on any atom is 0.260 e. The van der Waals surface area contributed by atoms with Crippen LogP contribution in [0.1, 0.15) is 18.7 Å². The standard InChI is InChI=1S/C22H24N4O2/c27-21(16-28-19-9-5-2-6-10-19)26-13-11-17(12-14-26)15-20-23-22(25-24-20)18-7-3-1-4-8-18/h1-10,17H,11-16H2,(H,23,24,25). The summed E-state index contributed by atoms with van der Waals surface area (Å²) in [4.78, 5) is 18.9. The van der Waals surface area contributed by atoms with Crippen LogP contribution < -0.4 is 4.74 Å². The lowest BCUT2D eigenvalue weighted by Crippen LogP contribution is -2.41. The average molecular weight is 376 g/mol. The number of rotatable bonds is 6. The zero-order chi connectivity index (χ0) is 19.2. The van der Waals surface area contributed by atoms with Gasteiger partial charge in [0, 0.05) is 25.1 Å². The second-order valence-corrected chi connectivity index (χ2v) is 7.10. The molecule has 0 saturated carbocycles. The van der Waals surface area contributed by atoms with Gasteiger partial charge in [-0.25, -0.2) is 4.98 Å². The molecule has 0 radical (unpaired) electrons. The summed E-state index contributed by atoms with van der Waals surface area (Å²) >= 11 is 0. The van der Waals surface area contributed by atoms with E-state index in [1.807, 2.05) is 65.6 Å². The molecular weight excluding hydrogens is 352 g/mol. The SMILES string of the molecule is O=C(COc1ccccc1)N1CCC(Cc2nc(-c3ccccc3)n[nH]2)CC1. The van der Waals surface area contributed by atoms with E-state index in [0.717, 1.165) is 55.3 Å². The van der Waals surface area contributed by atoms with Gasteiger partial charge in [-0.1, -0.05) is 48.5 Å². The molecule has 2 aromatic carbocycles. The largest absolute Gasteiger partial charge is 0.484 e. The molecule has 0 bridgehead atoms. The van der Waals surface area contributed by atoms with Crippen LogP contribution in [-0.2, 0) is 11.2 Å². The average Bonchev–Trinajstić information content (AvgIpc) is 3.22. The molecule has 1 aromatic heterocycles. The Hall–Kier alpha value is -3.15. The predicted molar refractivity (Wildman–Crippen MR) is 107 cm³/mol. The highest BCUT2D eigenvalue weighted by Gasteiger charge is 2.24. The van der Waals surface area contributed by atoms with Crippen LogP contribution in [0.25, 0.3) is 11.4 Å². The Kier molecular flexibility index (Phi) is 5.66. The number of carbonyl (C=O) groups excluding carboxylic acids is 1. The van der Waals surface area contributed by atoms with Crippen molar-refractivity contribution >= 4 is 5.91 Å². The van der Waals surface area contributed by atoms with Gasteiger partial charge in [-0.05, 0) is 30.9 Å². The molecule has 0 atom stereocenters. The zero-order valence-corrected chi connectivity index (χ0v) is 15.8. The number of likely N-dealkylation sites (tertiary alicyclic amines) is 1. The number of para-hydroxylation sites is 1. The normalized spacial score (nSPS) is 14.8. The number of carbonyl (C=O) groups is 1. The number of piperidine rings is 1. The number of aromatic nitrogens is 3. The highest BCUT2D eigenvalue weighted by atomic mass is 16.5. The quantitative estimate of drug-likeness (QED) is 0.716. The van der Waals surface area contributed by atoms with Crippen LogP contribution in [0.3, 0.4) is 0 Å². The molecule has 6 heteroatoms. The van der Waals surface area contributed by atoms with Gasteiger partial charge in [0.25, 0.3) is 5.91 Å². The van der Waals surface area contributed by atoms with Crippen molar-refractivity contribution < 1.29 is 9.53 Å². The third-order valence-corrected chi connectivity index (χ3v) is 5.12. The Morgan fingerprint density at radius 2 is 1.71 bits per heavy atom. The lowest BCUT2D eigenvalue weighted by molar-refractivity contribution is -0.134. The molecule has 144 valence electrons. The van der Waals surface area contributed by atoms with Crippen LogP contribution in [-0.4, -0.2) is 45.7 Å². The Labute approximate surface area is 164 Å². The molecule has 1 saturated heterocycles. The molecule has 1 aliphatic heterocycles. The van der Waals surface area contributed by atoms with Crippen LogP contribution in [0.5, 0.6) is 5.75 Å². The van der Waals surface area contributed by atoms with Gasteiger partial charge < -0.3 is 9.64 Å². The summed E-state index contributed by atoms with van der Waals surface area (Å²) < 4.78 is 5.57. The molecular formula is C22H24N4O2. The van der Waals surface area contributed by atoms with Gasteiger partial charge in [0.1, 0.15) is 11.6 Å². The first-order valence-corrected chi connectivity index (χ1v) is 9.70. The van der Waals surface area contributed by atoms with Crippen LogP contribution in [0.4, 0.5) is 0 Å². The number of nitrogens with zero attached hydrogens (tertiary/aromatic N) is 3. The minimum absolute atomic E-state index is 0.0494. The Bertz CT molecular complexity index is 887. The first-order chi connectivity index (χ1) is 13.8. The topological polar surface area (TPSA) is 71.1 Å². The molecule has 0 spiro atoms. The molecule has 0 aliphatic carbocycles. The fourth-order valence-corrected chi connectivity index (χ4v) is 3.52. The molecule has 28 heavy (non-hydrogen) atoms. The van der Waals surface area contributed by atoms with E-state index in [2.05, 4.69) is 15.2 Å². The summed E-state index contributed by atoms with van der Waals surface area (Å²) in [5.41, 5.74) is 1.02. The van der Waals surface area contributed by atoms with E-state index in [1.54, 1.807) is 0 Å². The number of hydrogen-bond acceptors (Lipinski definition) is 4. The highest BCUT2D eigenvalue weighted by Crippen LogP contribution is 2.22. The molecule has 2 heterocycles. The minimum Gasteiger partial charge on any atom is -0.484 e. The van der Waals surface area contributed by atoms with Crippen LogP contribution in [0, 0.1) is 5.92 Å². The van der Waals surface area contributed by atoms with E-state index < -0.39 is 0 Å². The van der Waals surface area contributed by atoms with Crippen LogP contribution >= 0.6 is 0 Å². The van der Waals surface area contributed by atoms with Gasteiger partial charge in [-0.2, -0.15) is 5.10 Å². The number of hydrogen-bond donors (Lipinski definition) is 1. The van der Waals surface area contributed by atoms with Gasteiger partial charge in [0.2, 0.25) is 0 Å². The molecule has 1 amide bonds. The highest BCUT2D eigenvalue weighted by molar-refractivity contribution is 5.77. The molecule has 6 nitrogen and oxygen atoms in total. The summed E-state index contributed by atoms with van der Waals surface area (Å²) in [5.74, 6) is 2.94. The summed E-state index contributed by atoms with van der Waals surface area (Å²) in [5, 5.41) is 7.39. The first kappa shape index (κ1) is 18.2. The Morgan fingerprint density at radius 3 is 2.43 bits per heavy atom. The maximum atomic E-state index is 12.4. The molecule has 3 aromatic rings. The van der Waals surface area contributed by atoms with E-state index in [-0.39, 0.29) is 12.5 Å². The molecule has 0 unspecified atom stereocenters. The van der Waals surface area contributed by atoms with Gasteiger partial charge in [-0.3, -0.25) is 9.89 Å². The smallest absolute Gasteiger partial charge is 0.260 e. The van der Waals surface area contributed by atoms with E-state index in [4.69, 9.17) is 4.74 Å². The predicted octanol–water partition coefficient (Wildman–Crippen LogP) is 3.33. The Morgan fingerprint density at radius 1 is 1.04 bits per heavy atom. The van der Waals surface area contributed by atoms with Crippen molar-refractivity contribution in [1.29, 1.82) is 0 Å². The van der Waals surface area contributed by atoms with Gasteiger partial charge in [-0.15, -0.1) is 0 Å². The lowest BCUT2D eigenvalue weighted by atomic mass is 9.93. The van der Waals surface area contributed by atoms with E-state index in [1.165, 1.54) is 0 Å². The first-order valence-electron chi connectivity index (χ1n) is 9.70. The number of aromatic amines is 1. The van der Waals surface area contributed by atoms with E-state index in [0.29, 0.717) is 5.92 Å². The van der Waals surface area contributed by atoms with E-state index in [9.17, 15) is 4.79 Å². The van der Waals surface area contributed by atoms with E-state index >= 15 is 0 Å². The monoisotopic (exact) mass is 376 g/mol. The van der Waals surface area contributed by atoms with Crippen LogP contribution in [0.15, 0.2) is 60.7 Å². The molecule has 4 rings (SSSR count). The van der Waals surface area contributed by atoms with Crippen molar-refractivity contribution in [2.45, 2.75) is 19.3 Å². The van der Waals surface area contributed by atoms with Crippen LogP contribution in [0.2, 0.25) is 0 Å².